The maximum atomic E-state index is 12.1. The average molecular weight is 333 g/mol. The van der Waals surface area contributed by atoms with Crippen LogP contribution in [0.4, 0.5) is 4.79 Å². The minimum absolute atomic E-state index is 0.139. The van der Waals surface area contributed by atoms with Gasteiger partial charge in [0.2, 0.25) is 12.7 Å². The van der Waals surface area contributed by atoms with Crippen molar-refractivity contribution in [2.45, 2.75) is 51.2 Å². The fourth-order valence-corrected chi connectivity index (χ4v) is 2.94. The van der Waals surface area contributed by atoms with E-state index in [-0.39, 0.29) is 24.8 Å². The van der Waals surface area contributed by atoms with Gasteiger partial charge >= 0.3 is 6.03 Å². The second-order valence-electron chi connectivity index (χ2n) is 6.23. The molecule has 1 aromatic rings. The molecule has 1 heterocycles. The molecule has 1 aliphatic heterocycles. The van der Waals surface area contributed by atoms with Crippen molar-refractivity contribution < 1.29 is 19.1 Å². The Morgan fingerprint density at radius 2 is 1.96 bits per heavy atom. The van der Waals surface area contributed by atoms with Gasteiger partial charge in [-0.15, -0.1) is 0 Å². The van der Waals surface area contributed by atoms with Crippen molar-refractivity contribution in [2.75, 3.05) is 6.79 Å². The summed E-state index contributed by atoms with van der Waals surface area (Å²) in [6, 6.07) is 4.82. The standard InChI is InChI=1S/C17H23N3O4/c1-11(16(21)20-13-4-2-3-5-13)19-17(22)18-9-12-6-7-14-15(8-12)24-10-23-14/h6-8,11,13H,2-5,9-10H2,1H3,(H,20,21)(H2,18,19,22)/t11-/m0/s1. The Kier molecular flexibility index (Phi) is 5.08. The molecule has 1 saturated carbocycles. The Morgan fingerprint density at radius 3 is 2.75 bits per heavy atom. The first-order chi connectivity index (χ1) is 11.6. The summed E-state index contributed by atoms with van der Waals surface area (Å²) in [5, 5.41) is 8.38. The van der Waals surface area contributed by atoms with E-state index >= 15 is 0 Å². The topological polar surface area (TPSA) is 88.7 Å². The number of fused-ring (bicyclic) bond motifs is 1. The molecule has 0 radical (unpaired) electrons. The highest BCUT2D eigenvalue weighted by atomic mass is 16.7. The third kappa shape index (κ3) is 4.10. The number of amides is 3. The maximum absolute atomic E-state index is 12.1. The van der Waals surface area contributed by atoms with Crippen LogP contribution in [0.3, 0.4) is 0 Å². The highest BCUT2D eigenvalue weighted by Gasteiger charge is 2.21. The van der Waals surface area contributed by atoms with Crippen LogP contribution in [0.15, 0.2) is 18.2 Å². The Morgan fingerprint density at radius 1 is 1.21 bits per heavy atom. The van der Waals surface area contributed by atoms with Crippen molar-refractivity contribution in [1.29, 1.82) is 0 Å². The van der Waals surface area contributed by atoms with Crippen LogP contribution in [0, 0.1) is 0 Å². The first-order valence-corrected chi connectivity index (χ1v) is 8.35. The van der Waals surface area contributed by atoms with Crippen molar-refractivity contribution in [2.24, 2.45) is 0 Å². The van der Waals surface area contributed by atoms with Crippen molar-refractivity contribution in [3.63, 3.8) is 0 Å². The summed E-state index contributed by atoms with van der Waals surface area (Å²) in [7, 11) is 0. The van der Waals surface area contributed by atoms with Crippen molar-refractivity contribution >= 4 is 11.9 Å². The van der Waals surface area contributed by atoms with Gasteiger partial charge in [0.25, 0.3) is 0 Å². The summed E-state index contributed by atoms with van der Waals surface area (Å²) < 4.78 is 10.5. The van der Waals surface area contributed by atoms with Gasteiger partial charge in [0.05, 0.1) is 0 Å². The Bertz CT molecular complexity index is 614. The lowest BCUT2D eigenvalue weighted by atomic mass is 10.2. The molecule has 0 spiro atoms. The molecule has 7 heteroatoms. The number of urea groups is 1. The summed E-state index contributed by atoms with van der Waals surface area (Å²) >= 11 is 0. The molecule has 1 atom stereocenters. The van der Waals surface area contributed by atoms with E-state index in [9.17, 15) is 9.59 Å². The highest BCUT2D eigenvalue weighted by molar-refractivity contribution is 5.86. The van der Waals surface area contributed by atoms with E-state index in [0.29, 0.717) is 18.0 Å². The van der Waals surface area contributed by atoms with Gasteiger partial charge in [0.1, 0.15) is 6.04 Å². The molecule has 130 valence electrons. The number of carbonyl (C=O) groups excluding carboxylic acids is 2. The third-order valence-corrected chi connectivity index (χ3v) is 4.33. The van der Waals surface area contributed by atoms with E-state index < -0.39 is 6.04 Å². The lowest BCUT2D eigenvalue weighted by molar-refractivity contribution is -0.123. The molecule has 0 bridgehead atoms. The number of ether oxygens (including phenoxy) is 2. The summed E-state index contributed by atoms with van der Waals surface area (Å²) in [6.45, 7) is 2.25. The van der Waals surface area contributed by atoms with Crippen LogP contribution >= 0.6 is 0 Å². The zero-order chi connectivity index (χ0) is 16.9. The smallest absolute Gasteiger partial charge is 0.315 e. The van der Waals surface area contributed by atoms with E-state index in [2.05, 4.69) is 16.0 Å². The van der Waals surface area contributed by atoms with Crippen LogP contribution in [0.2, 0.25) is 0 Å². The van der Waals surface area contributed by atoms with E-state index in [1.165, 1.54) is 0 Å². The van der Waals surface area contributed by atoms with Crippen LogP contribution in [-0.4, -0.2) is 30.8 Å². The molecule has 2 aliphatic rings. The lowest BCUT2D eigenvalue weighted by Crippen LogP contribution is -2.50. The molecule has 1 aliphatic carbocycles. The van der Waals surface area contributed by atoms with Gasteiger partial charge < -0.3 is 25.4 Å². The molecule has 1 fully saturated rings. The van der Waals surface area contributed by atoms with Crippen LogP contribution in [0.5, 0.6) is 11.5 Å². The van der Waals surface area contributed by atoms with Gasteiger partial charge in [0.15, 0.2) is 11.5 Å². The van der Waals surface area contributed by atoms with Gasteiger partial charge in [-0.3, -0.25) is 4.79 Å². The SMILES string of the molecule is C[C@H](NC(=O)NCc1ccc2c(c1)OCO2)C(=O)NC1CCCC1. The molecule has 3 amide bonds. The van der Waals surface area contributed by atoms with Gasteiger partial charge in [0, 0.05) is 12.6 Å². The van der Waals surface area contributed by atoms with Gasteiger partial charge in [-0.25, -0.2) is 4.79 Å². The predicted molar refractivity (Wildman–Crippen MR) is 87.8 cm³/mol. The molecule has 3 rings (SSSR count). The molecule has 3 N–H and O–H groups in total. The summed E-state index contributed by atoms with van der Waals surface area (Å²) in [4.78, 5) is 24.0. The zero-order valence-electron chi connectivity index (χ0n) is 13.8. The lowest BCUT2D eigenvalue weighted by Gasteiger charge is -2.18. The molecule has 0 saturated heterocycles. The Hall–Kier alpha value is -2.44. The summed E-state index contributed by atoms with van der Waals surface area (Å²) in [5.41, 5.74) is 0.900. The van der Waals surface area contributed by atoms with Crippen LogP contribution < -0.4 is 25.4 Å². The number of nitrogens with one attached hydrogen (secondary N) is 3. The first kappa shape index (κ1) is 16.4. The van der Waals surface area contributed by atoms with Crippen molar-refractivity contribution in [3.8, 4) is 11.5 Å². The summed E-state index contributed by atoms with van der Waals surface area (Å²) in [6.07, 6.45) is 4.36. The number of hydrogen-bond donors (Lipinski definition) is 3. The van der Waals surface area contributed by atoms with Gasteiger partial charge in [-0.1, -0.05) is 18.9 Å². The van der Waals surface area contributed by atoms with Gasteiger partial charge in [-0.05, 0) is 37.5 Å². The molecule has 0 unspecified atom stereocenters. The van der Waals surface area contributed by atoms with Gasteiger partial charge in [-0.2, -0.15) is 0 Å². The second-order valence-corrected chi connectivity index (χ2v) is 6.23. The first-order valence-electron chi connectivity index (χ1n) is 8.35. The fraction of sp³-hybridized carbons (Fsp3) is 0.529. The average Bonchev–Trinajstić information content (AvgIpc) is 3.23. The van der Waals surface area contributed by atoms with E-state index in [4.69, 9.17) is 9.47 Å². The maximum Gasteiger partial charge on any atom is 0.315 e. The van der Waals surface area contributed by atoms with Crippen LogP contribution in [-0.2, 0) is 11.3 Å². The Labute approximate surface area is 141 Å². The number of hydrogen-bond acceptors (Lipinski definition) is 4. The molecule has 1 aromatic carbocycles. The van der Waals surface area contributed by atoms with E-state index in [1.807, 2.05) is 18.2 Å². The Balaban J connectivity index is 1.42. The number of carbonyl (C=O) groups is 2. The summed E-state index contributed by atoms with van der Waals surface area (Å²) in [5.74, 6) is 1.25. The monoisotopic (exact) mass is 333 g/mol. The molecule has 7 nitrogen and oxygen atoms in total. The molecule has 0 aromatic heterocycles. The van der Waals surface area contributed by atoms with Crippen molar-refractivity contribution in [3.05, 3.63) is 23.8 Å². The van der Waals surface area contributed by atoms with Crippen LogP contribution in [0.25, 0.3) is 0 Å². The minimum Gasteiger partial charge on any atom is -0.454 e. The number of benzene rings is 1. The minimum atomic E-state index is -0.567. The second kappa shape index (κ2) is 7.42. The van der Waals surface area contributed by atoms with Crippen LogP contribution in [0.1, 0.15) is 38.2 Å². The molecular formula is C17H23N3O4. The highest BCUT2D eigenvalue weighted by Crippen LogP contribution is 2.32. The quantitative estimate of drug-likeness (QED) is 0.765. The predicted octanol–water partition coefficient (Wildman–Crippen LogP) is 1.66. The largest absolute Gasteiger partial charge is 0.454 e. The van der Waals surface area contributed by atoms with E-state index in [1.54, 1.807) is 6.92 Å². The molecule has 24 heavy (non-hydrogen) atoms. The zero-order valence-corrected chi connectivity index (χ0v) is 13.8. The fourth-order valence-electron chi connectivity index (χ4n) is 2.94. The normalized spacial score (nSPS) is 17.4. The third-order valence-electron chi connectivity index (χ3n) is 4.33. The molecular weight excluding hydrogens is 310 g/mol. The van der Waals surface area contributed by atoms with E-state index in [0.717, 1.165) is 31.2 Å². The van der Waals surface area contributed by atoms with Crippen molar-refractivity contribution in [1.82, 2.24) is 16.0 Å². The number of rotatable bonds is 5.